The van der Waals surface area contributed by atoms with Gasteiger partial charge in [0.1, 0.15) is 11.4 Å². The maximum absolute atomic E-state index is 13.7. The van der Waals surface area contributed by atoms with Crippen LogP contribution in [0.25, 0.3) is 0 Å². The fourth-order valence-electron chi connectivity index (χ4n) is 3.25. The van der Waals surface area contributed by atoms with Crippen molar-refractivity contribution in [2.75, 3.05) is 11.9 Å². The summed E-state index contributed by atoms with van der Waals surface area (Å²) in [6.07, 6.45) is 5.15. The van der Waals surface area contributed by atoms with Crippen molar-refractivity contribution in [2.24, 2.45) is 0 Å². The molecule has 0 saturated heterocycles. The van der Waals surface area contributed by atoms with E-state index in [4.69, 9.17) is 4.74 Å². The van der Waals surface area contributed by atoms with Crippen LogP contribution < -0.4 is 16.0 Å². The number of para-hydroxylation sites is 1. The molecule has 0 aliphatic heterocycles. The Hall–Kier alpha value is -2.31. The average Bonchev–Trinajstić information content (AvgIpc) is 2.79. The van der Waals surface area contributed by atoms with Crippen LogP contribution in [-0.2, 0) is 4.74 Å². The maximum Gasteiger partial charge on any atom is 0.408 e. The highest BCUT2D eigenvalue weighted by atomic mass is 19.1. The molecule has 0 heterocycles. The maximum atomic E-state index is 13.7. The van der Waals surface area contributed by atoms with E-state index in [-0.39, 0.29) is 12.2 Å². The molecule has 7 heteroatoms. The van der Waals surface area contributed by atoms with Crippen molar-refractivity contribution in [1.29, 1.82) is 0 Å². The first-order chi connectivity index (χ1) is 12.7. The number of carbonyl (C=O) groups is 2. The zero-order valence-corrected chi connectivity index (χ0v) is 16.4. The van der Waals surface area contributed by atoms with Gasteiger partial charge in [-0.1, -0.05) is 37.8 Å². The minimum Gasteiger partial charge on any atom is -0.444 e. The Kier molecular flexibility index (Phi) is 7.05. The van der Waals surface area contributed by atoms with Gasteiger partial charge in [0.05, 0.1) is 11.2 Å². The highest BCUT2D eigenvalue weighted by molar-refractivity contribution is 5.89. The van der Waals surface area contributed by atoms with E-state index in [0.717, 1.165) is 38.5 Å². The third-order valence-corrected chi connectivity index (χ3v) is 4.54. The van der Waals surface area contributed by atoms with Gasteiger partial charge in [0.2, 0.25) is 0 Å². The van der Waals surface area contributed by atoms with Crippen molar-refractivity contribution in [2.45, 2.75) is 70.4 Å². The molecule has 1 saturated carbocycles. The Morgan fingerprint density at radius 2 is 1.74 bits per heavy atom. The molecular formula is C20H30FN3O3. The molecule has 1 aliphatic carbocycles. The lowest BCUT2D eigenvalue weighted by Crippen LogP contribution is -2.56. The highest BCUT2D eigenvalue weighted by Gasteiger charge is 2.34. The number of rotatable bonds is 4. The normalized spacial score (nSPS) is 16.7. The number of halogens is 1. The van der Waals surface area contributed by atoms with E-state index in [1.165, 1.54) is 12.1 Å². The average molecular weight is 379 g/mol. The van der Waals surface area contributed by atoms with Gasteiger partial charge in [0.25, 0.3) is 0 Å². The molecule has 27 heavy (non-hydrogen) atoms. The van der Waals surface area contributed by atoms with Crippen molar-refractivity contribution in [3.8, 4) is 0 Å². The minimum absolute atomic E-state index is 0.116. The number of hydrogen-bond acceptors (Lipinski definition) is 3. The molecule has 1 aromatic carbocycles. The van der Waals surface area contributed by atoms with E-state index in [0.29, 0.717) is 0 Å². The summed E-state index contributed by atoms with van der Waals surface area (Å²) in [5.41, 5.74) is -1.04. The van der Waals surface area contributed by atoms with Gasteiger partial charge in [-0.15, -0.1) is 0 Å². The summed E-state index contributed by atoms with van der Waals surface area (Å²) >= 11 is 0. The lowest BCUT2D eigenvalue weighted by atomic mass is 9.90. The van der Waals surface area contributed by atoms with Crippen LogP contribution in [0, 0.1) is 5.82 Å². The monoisotopic (exact) mass is 379 g/mol. The molecule has 6 nitrogen and oxygen atoms in total. The molecule has 3 N–H and O–H groups in total. The van der Waals surface area contributed by atoms with Crippen LogP contribution in [0.4, 0.5) is 19.7 Å². The van der Waals surface area contributed by atoms with Crippen molar-refractivity contribution >= 4 is 17.8 Å². The summed E-state index contributed by atoms with van der Waals surface area (Å²) in [4.78, 5) is 24.5. The molecule has 3 amide bonds. The van der Waals surface area contributed by atoms with E-state index >= 15 is 0 Å². The molecule has 0 atom stereocenters. The molecule has 0 spiro atoms. The van der Waals surface area contributed by atoms with E-state index < -0.39 is 29.1 Å². The standard InChI is InChI=1S/C20H30FN3O3/c1-19(2,3)27-18(26)24-20(12-8-4-5-9-13-20)14-22-17(25)23-16-11-7-6-10-15(16)21/h6-7,10-11H,4-5,8-9,12-14H2,1-3H3,(H,24,26)(H2,22,23,25). The van der Waals surface area contributed by atoms with Gasteiger partial charge in [0, 0.05) is 6.54 Å². The van der Waals surface area contributed by atoms with Crippen LogP contribution in [-0.4, -0.2) is 29.8 Å². The van der Waals surface area contributed by atoms with Crippen LogP contribution in [0.15, 0.2) is 24.3 Å². The van der Waals surface area contributed by atoms with Gasteiger partial charge >= 0.3 is 12.1 Å². The number of benzene rings is 1. The molecule has 2 rings (SSSR count). The van der Waals surface area contributed by atoms with Gasteiger partial charge in [0.15, 0.2) is 0 Å². The Labute approximate surface area is 160 Å². The molecule has 1 fully saturated rings. The Bertz CT molecular complexity index is 650. The van der Waals surface area contributed by atoms with Crippen molar-refractivity contribution in [3.63, 3.8) is 0 Å². The molecule has 1 aliphatic rings. The molecule has 0 unspecified atom stereocenters. The Morgan fingerprint density at radius 1 is 1.11 bits per heavy atom. The van der Waals surface area contributed by atoms with Crippen LogP contribution in [0.2, 0.25) is 0 Å². The number of carbonyl (C=O) groups excluding carboxylic acids is 2. The topological polar surface area (TPSA) is 79.5 Å². The Balaban J connectivity index is 2.00. The SMILES string of the molecule is CC(C)(C)OC(=O)NC1(CNC(=O)Nc2ccccc2F)CCCCCC1. The first kappa shape index (κ1) is 21.0. The number of ether oxygens (including phenoxy) is 1. The van der Waals surface area contributed by atoms with E-state index in [1.807, 2.05) is 20.8 Å². The summed E-state index contributed by atoms with van der Waals surface area (Å²) in [6, 6.07) is 5.48. The van der Waals surface area contributed by atoms with Crippen molar-refractivity contribution in [3.05, 3.63) is 30.1 Å². The largest absolute Gasteiger partial charge is 0.444 e. The second kappa shape index (κ2) is 9.06. The summed E-state index contributed by atoms with van der Waals surface area (Å²) < 4.78 is 19.1. The van der Waals surface area contributed by atoms with Gasteiger partial charge in [-0.2, -0.15) is 0 Å². The summed E-state index contributed by atoms with van der Waals surface area (Å²) in [6.45, 7) is 5.69. The number of anilines is 1. The van der Waals surface area contributed by atoms with E-state index in [9.17, 15) is 14.0 Å². The first-order valence-electron chi connectivity index (χ1n) is 9.50. The molecule has 0 bridgehead atoms. The van der Waals surface area contributed by atoms with Crippen LogP contribution in [0.1, 0.15) is 59.3 Å². The van der Waals surface area contributed by atoms with Crippen LogP contribution in [0.5, 0.6) is 0 Å². The highest BCUT2D eigenvalue weighted by Crippen LogP contribution is 2.27. The smallest absolute Gasteiger partial charge is 0.408 e. The number of amides is 3. The summed E-state index contributed by atoms with van der Waals surface area (Å²) in [7, 11) is 0. The van der Waals surface area contributed by atoms with E-state index in [2.05, 4.69) is 16.0 Å². The molecule has 150 valence electrons. The van der Waals surface area contributed by atoms with Crippen molar-refractivity contribution < 1.29 is 18.7 Å². The van der Waals surface area contributed by atoms with Gasteiger partial charge in [-0.25, -0.2) is 14.0 Å². The number of hydrogen-bond donors (Lipinski definition) is 3. The summed E-state index contributed by atoms with van der Waals surface area (Å²) in [5.74, 6) is -0.497. The molecule has 1 aromatic rings. The molecule has 0 aromatic heterocycles. The summed E-state index contributed by atoms with van der Waals surface area (Å²) in [5, 5.41) is 8.26. The minimum atomic E-state index is -0.592. The fourth-order valence-corrected chi connectivity index (χ4v) is 3.25. The second-order valence-corrected chi connectivity index (χ2v) is 8.11. The predicted octanol–water partition coefficient (Wildman–Crippen LogP) is 4.56. The number of nitrogens with one attached hydrogen (secondary N) is 3. The Morgan fingerprint density at radius 3 is 2.33 bits per heavy atom. The number of urea groups is 1. The quantitative estimate of drug-likeness (QED) is 0.671. The molecular weight excluding hydrogens is 349 g/mol. The third kappa shape index (κ3) is 7.07. The fraction of sp³-hybridized carbons (Fsp3) is 0.600. The lowest BCUT2D eigenvalue weighted by molar-refractivity contribution is 0.0442. The van der Waals surface area contributed by atoms with Crippen molar-refractivity contribution in [1.82, 2.24) is 10.6 Å². The van der Waals surface area contributed by atoms with Gasteiger partial charge < -0.3 is 20.7 Å². The predicted molar refractivity (Wildman–Crippen MR) is 103 cm³/mol. The second-order valence-electron chi connectivity index (χ2n) is 8.11. The first-order valence-corrected chi connectivity index (χ1v) is 9.50. The van der Waals surface area contributed by atoms with Crippen LogP contribution in [0.3, 0.4) is 0 Å². The zero-order valence-electron chi connectivity index (χ0n) is 16.4. The lowest BCUT2D eigenvalue weighted by Gasteiger charge is -2.35. The van der Waals surface area contributed by atoms with E-state index in [1.54, 1.807) is 12.1 Å². The number of alkyl carbamates (subject to hydrolysis) is 1. The third-order valence-electron chi connectivity index (χ3n) is 4.54. The van der Waals surface area contributed by atoms with Gasteiger partial charge in [-0.3, -0.25) is 0 Å². The molecule has 0 radical (unpaired) electrons. The van der Waals surface area contributed by atoms with Gasteiger partial charge in [-0.05, 0) is 45.7 Å². The zero-order chi connectivity index (χ0) is 19.9. The van der Waals surface area contributed by atoms with Crippen LogP contribution >= 0.6 is 0 Å².